The molecular formula is C38H41ClN6O4S. The summed E-state index contributed by atoms with van der Waals surface area (Å²) < 4.78 is 34.2. The van der Waals surface area contributed by atoms with Crippen LogP contribution in [0.5, 0.6) is 0 Å². The standard InChI is InChI=1S/C38H41ClN6O4S/c39-34-24-41-37(43-36(34)33-25-45(35-17-8-7-16-32(33)35)50(47,48)31-14-5-2-6-15-31)42-30-13-9-12-28(22-30)23-40-29-18-20-44(21-19-29)38(46)49-26-27-10-3-1-4-11-27/h1-8,10-11,14-17,24-25,28-30,40H,9,12-13,18-23,26H2,(H,41,42,43)/t28-,30+/m0/s1. The predicted molar refractivity (Wildman–Crippen MR) is 196 cm³/mol. The van der Waals surface area contributed by atoms with Crippen molar-refractivity contribution in [3.05, 3.63) is 108 Å². The van der Waals surface area contributed by atoms with E-state index in [-0.39, 0.29) is 17.0 Å². The molecule has 5 aromatic rings. The zero-order valence-corrected chi connectivity index (χ0v) is 29.3. The van der Waals surface area contributed by atoms with Crippen molar-refractivity contribution in [3.63, 3.8) is 0 Å². The van der Waals surface area contributed by atoms with Crippen LogP contribution in [0.15, 0.2) is 102 Å². The van der Waals surface area contributed by atoms with E-state index >= 15 is 0 Å². The molecule has 260 valence electrons. The molecule has 50 heavy (non-hydrogen) atoms. The summed E-state index contributed by atoms with van der Waals surface area (Å²) in [6.07, 6.45) is 8.98. The van der Waals surface area contributed by atoms with Gasteiger partial charge in [-0.3, -0.25) is 0 Å². The molecular weight excluding hydrogens is 672 g/mol. The van der Waals surface area contributed by atoms with Gasteiger partial charge in [-0.25, -0.2) is 27.2 Å². The van der Waals surface area contributed by atoms with Gasteiger partial charge >= 0.3 is 6.09 Å². The van der Waals surface area contributed by atoms with Gasteiger partial charge in [0.2, 0.25) is 5.95 Å². The van der Waals surface area contributed by atoms with Crippen LogP contribution in [0.25, 0.3) is 22.2 Å². The monoisotopic (exact) mass is 712 g/mol. The fourth-order valence-electron chi connectivity index (χ4n) is 7.07. The Kier molecular flexibility index (Phi) is 10.3. The summed E-state index contributed by atoms with van der Waals surface area (Å²) in [5, 5.41) is 8.39. The number of amides is 1. The number of nitrogens with zero attached hydrogens (tertiary/aromatic N) is 4. The number of anilines is 1. The molecule has 2 aliphatic rings. The summed E-state index contributed by atoms with van der Waals surface area (Å²) in [7, 11) is -3.85. The summed E-state index contributed by atoms with van der Waals surface area (Å²) >= 11 is 6.67. The van der Waals surface area contributed by atoms with E-state index in [1.807, 2.05) is 53.4 Å². The zero-order chi connectivity index (χ0) is 34.5. The quantitative estimate of drug-likeness (QED) is 0.154. The molecule has 7 rings (SSSR count). The van der Waals surface area contributed by atoms with Gasteiger partial charge in [-0.2, -0.15) is 0 Å². The first-order valence-electron chi connectivity index (χ1n) is 17.2. The number of ether oxygens (including phenoxy) is 1. The minimum Gasteiger partial charge on any atom is -0.445 e. The third-order valence-electron chi connectivity index (χ3n) is 9.75. The van der Waals surface area contributed by atoms with Gasteiger partial charge in [-0.05, 0) is 68.3 Å². The maximum absolute atomic E-state index is 13.7. The second-order valence-corrected chi connectivity index (χ2v) is 15.4. The fourth-order valence-corrected chi connectivity index (χ4v) is 8.65. The molecule has 2 N–H and O–H groups in total. The van der Waals surface area contributed by atoms with Crippen LogP contribution < -0.4 is 10.6 Å². The van der Waals surface area contributed by atoms with Crippen molar-refractivity contribution in [2.45, 2.75) is 62.1 Å². The van der Waals surface area contributed by atoms with Crippen LogP contribution >= 0.6 is 11.6 Å². The lowest BCUT2D eigenvalue weighted by atomic mass is 9.85. The number of aromatic nitrogens is 3. The van der Waals surface area contributed by atoms with Crippen LogP contribution in [0.2, 0.25) is 5.02 Å². The molecule has 0 unspecified atom stereocenters. The fraction of sp³-hybridized carbons (Fsp3) is 0.342. The van der Waals surface area contributed by atoms with Gasteiger partial charge in [0.05, 0.1) is 27.3 Å². The summed E-state index contributed by atoms with van der Waals surface area (Å²) in [6.45, 7) is 2.59. The van der Waals surface area contributed by atoms with Crippen molar-refractivity contribution in [1.82, 2.24) is 24.2 Å². The average molecular weight is 713 g/mol. The molecule has 1 aliphatic carbocycles. The second-order valence-electron chi connectivity index (χ2n) is 13.1. The minimum absolute atomic E-state index is 0.200. The number of likely N-dealkylation sites (tertiary alicyclic amines) is 1. The number of rotatable bonds is 10. The van der Waals surface area contributed by atoms with Crippen LogP contribution in [0, 0.1) is 5.92 Å². The molecule has 1 saturated heterocycles. The van der Waals surface area contributed by atoms with Gasteiger partial charge < -0.3 is 20.3 Å². The van der Waals surface area contributed by atoms with E-state index in [2.05, 4.69) is 15.6 Å². The highest BCUT2D eigenvalue weighted by atomic mass is 35.5. The third-order valence-corrected chi connectivity index (χ3v) is 11.7. The molecule has 2 atom stereocenters. The Morgan fingerprint density at radius 3 is 2.40 bits per heavy atom. The van der Waals surface area contributed by atoms with Crippen LogP contribution in [0.4, 0.5) is 10.7 Å². The molecule has 3 aromatic carbocycles. The van der Waals surface area contributed by atoms with Gasteiger partial charge in [0.1, 0.15) is 6.61 Å². The van der Waals surface area contributed by atoms with E-state index in [0.717, 1.165) is 56.0 Å². The van der Waals surface area contributed by atoms with E-state index in [1.165, 1.54) is 3.97 Å². The lowest BCUT2D eigenvalue weighted by molar-refractivity contribution is 0.0848. The van der Waals surface area contributed by atoms with Gasteiger partial charge in [0.25, 0.3) is 10.0 Å². The Morgan fingerprint density at radius 1 is 0.900 bits per heavy atom. The molecule has 1 aliphatic heterocycles. The molecule has 2 aromatic heterocycles. The van der Waals surface area contributed by atoms with E-state index in [9.17, 15) is 13.2 Å². The van der Waals surface area contributed by atoms with Crippen LogP contribution in [-0.4, -0.2) is 65.1 Å². The van der Waals surface area contributed by atoms with Crippen molar-refractivity contribution < 1.29 is 17.9 Å². The average Bonchev–Trinajstić information content (AvgIpc) is 3.55. The number of carbonyl (C=O) groups is 1. The second kappa shape index (κ2) is 15.2. The first-order valence-corrected chi connectivity index (χ1v) is 19.1. The van der Waals surface area contributed by atoms with Gasteiger partial charge in [0.15, 0.2) is 0 Å². The summed E-state index contributed by atoms with van der Waals surface area (Å²) in [4.78, 5) is 23.9. The first-order chi connectivity index (χ1) is 24.3. The number of benzene rings is 3. The molecule has 1 saturated carbocycles. The van der Waals surface area contributed by atoms with Gasteiger partial charge in [0, 0.05) is 42.3 Å². The summed E-state index contributed by atoms with van der Waals surface area (Å²) in [5.74, 6) is 0.973. The highest BCUT2D eigenvalue weighted by Gasteiger charge is 2.28. The number of hydrogen-bond donors (Lipinski definition) is 2. The maximum Gasteiger partial charge on any atom is 0.410 e. The molecule has 1 amide bonds. The highest BCUT2D eigenvalue weighted by Crippen LogP contribution is 2.36. The van der Waals surface area contributed by atoms with Gasteiger partial charge in [-0.15, -0.1) is 0 Å². The molecule has 2 fully saturated rings. The lowest BCUT2D eigenvalue weighted by Gasteiger charge is -2.34. The first kappa shape index (κ1) is 34.0. The SMILES string of the molecule is O=C(OCc1ccccc1)N1CCC(NC[C@H]2CCC[C@@H](Nc3ncc(Cl)c(-c4cn(S(=O)(=O)c5ccccc5)c5ccccc45)n3)C2)CC1. The molecule has 12 heteroatoms. The Hall–Kier alpha value is -4.45. The smallest absolute Gasteiger partial charge is 0.410 e. The topological polar surface area (TPSA) is 118 Å². The Bertz CT molecular complexity index is 2030. The minimum atomic E-state index is -3.85. The van der Waals surface area contributed by atoms with Crippen molar-refractivity contribution in [2.24, 2.45) is 5.92 Å². The number of para-hydroxylation sites is 1. The lowest BCUT2D eigenvalue weighted by Crippen LogP contribution is -2.46. The van der Waals surface area contributed by atoms with E-state index < -0.39 is 10.0 Å². The molecule has 0 bridgehead atoms. The van der Waals surface area contributed by atoms with E-state index in [1.54, 1.807) is 48.8 Å². The molecule has 3 heterocycles. The number of carbonyl (C=O) groups excluding carboxylic acids is 1. The van der Waals surface area contributed by atoms with E-state index in [0.29, 0.717) is 59.4 Å². The van der Waals surface area contributed by atoms with Crippen molar-refractivity contribution in [3.8, 4) is 11.3 Å². The van der Waals surface area contributed by atoms with Crippen LogP contribution in [0.1, 0.15) is 44.1 Å². The number of hydrogen-bond acceptors (Lipinski definition) is 8. The van der Waals surface area contributed by atoms with Crippen molar-refractivity contribution in [2.75, 3.05) is 25.0 Å². The van der Waals surface area contributed by atoms with Crippen LogP contribution in [0.3, 0.4) is 0 Å². The molecule has 0 radical (unpaired) electrons. The van der Waals surface area contributed by atoms with E-state index in [4.69, 9.17) is 21.3 Å². The number of nitrogens with one attached hydrogen (secondary N) is 2. The molecule has 0 spiro atoms. The largest absolute Gasteiger partial charge is 0.445 e. The Balaban J connectivity index is 0.961. The normalized spacial score (nSPS) is 18.6. The number of piperidine rings is 1. The van der Waals surface area contributed by atoms with Gasteiger partial charge in [-0.1, -0.05) is 84.8 Å². The predicted octanol–water partition coefficient (Wildman–Crippen LogP) is 7.35. The third kappa shape index (κ3) is 7.65. The molecule has 10 nitrogen and oxygen atoms in total. The Morgan fingerprint density at radius 2 is 1.62 bits per heavy atom. The summed E-state index contributed by atoms with van der Waals surface area (Å²) in [6, 6.07) is 26.1. The van der Waals surface area contributed by atoms with Crippen LogP contribution in [-0.2, 0) is 21.4 Å². The Labute approximate surface area is 297 Å². The van der Waals surface area contributed by atoms with Crippen molar-refractivity contribution in [1.29, 1.82) is 0 Å². The van der Waals surface area contributed by atoms with Crippen molar-refractivity contribution >= 4 is 44.6 Å². The number of fused-ring (bicyclic) bond motifs is 1. The zero-order valence-electron chi connectivity index (χ0n) is 27.7. The number of halogens is 1. The maximum atomic E-state index is 13.7. The summed E-state index contributed by atoms with van der Waals surface area (Å²) in [5.41, 5.74) is 2.64. The highest BCUT2D eigenvalue weighted by molar-refractivity contribution is 7.90.